The SMILES string of the molecule is CCN1C(C)=C(C(C)=O)SC1Nc1ccc(NC(C)=O)cc1. The van der Waals surface area contributed by atoms with Crippen molar-refractivity contribution in [3.05, 3.63) is 34.9 Å². The van der Waals surface area contributed by atoms with Crippen LogP contribution in [0, 0.1) is 0 Å². The Morgan fingerprint density at radius 2 is 1.77 bits per heavy atom. The number of carbonyl (C=O) groups is 2. The lowest BCUT2D eigenvalue weighted by Crippen LogP contribution is -2.33. The van der Waals surface area contributed by atoms with Crippen LogP contribution in [0.25, 0.3) is 0 Å². The first kappa shape index (κ1) is 16.4. The summed E-state index contributed by atoms with van der Waals surface area (Å²) in [6, 6.07) is 7.54. The Hall–Kier alpha value is -1.95. The molecule has 2 rings (SSSR count). The van der Waals surface area contributed by atoms with E-state index in [1.165, 1.54) is 6.92 Å². The summed E-state index contributed by atoms with van der Waals surface area (Å²) >= 11 is 1.54. The van der Waals surface area contributed by atoms with Crippen molar-refractivity contribution in [1.82, 2.24) is 4.90 Å². The lowest BCUT2D eigenvalue weighted by Gasteiger charge is -2.27. The van der Waals surface area contributed by atoms with Gasteiger partial charge in [0.25, 0.3) is 0 Å². The second-order valence-electron chi connectivity index (χ2n) is 5.13. The highest BCUT2D eigenvalue weighted by molar-refractivity contribution is 8.04. The standard InChI is InChI=1S/C16H21N3O2S/c1-5-19-10(2)15(11(3)20)22-16(19)18-14-8-6-13(7-9-14)17-12(4)21/h6-9,16,18H,5H2,1-4H3,(H,17,21). The number of carbonyl (C=O) groups excluding carboxylic acids is 2. The molecule has 0 bridgehead atoms. The summed E-state index contributed by atoms with van der Waals surface area (Å²) in [5.74, 6) is 0.0152. The van der Waals surface area contributed by atoms with Crippen LogP contribution in [0.5, 0.6) is 0 Å². The van der Waals surface area contributed by atoms with Crippen molar-refractivity contribution in [2.45, 2.75) is 33.2 Å². The summed E-state index contributed by atoms with van der Waals surface area (Å²) in [5, 5.41) is 6.16. The number of ketones is 1. The maximum Gasteiger partial charge on any atom is 0.221 e. The Morgan fingerprint density at radius 1 is 1.18 bits per heavy atom. The predicted octanol–water partition coefficient (Wildman–Crippen LogP) is 3.23. The number of nitrogens with zero attached hydrogens (tertiary/aromatic N) is 1. The molecule has 0 radical (unpaired) electrons. The molecule has 1 aromatic rings. The van der Waals surface area contributed by atoms with Gasteiger partial charge in [0.2, 0.25) is 5.91 Å². The number of benzene rings is 1. The highest BCUT2D eigenvalue weighted by Gasteiger charge is 2.31. The molecule has 1 aliphatic rings. The van der Waals surface area contributed by atoms with Crippen molar-refractivity contribution in [3.8, 4) is 0 Å². The lowest BCUT2D eigenvalue weighted by atomic mass is 10.2. The number of hydrogen-bond donors (Lipinski definition) is 2. The minimum absolute atomic E-state index is 0.00974. The topological polar surface area (TPSA) is 61.4 Å². The van der Waals surface area contributed by atoms with E-state index in [-0.39, 0.29) is 17.2 Å². The molecular formula is C16H21N3O2S. The normalized spacial score (nSPS) is 17.6. The monoisotopic (exact) mass is 319 g/mol. The van der Waals surface area contributed by atoms with Gasteiger partial charge in [0.05, 0.1) is 4.91 Å². The van der Waals surface area contributed by atoms with Gasteiger partial charge in [-0.2, -0.15) is 0 Å². The summed E-state index contributed by atoms with van der Waals surface area (Å²) in [6.45, 7) is 7.97. The van der Waals surface area contributed by atoms with E-state index in [4.69, 9.17) is 0 Å². The van der Waals surface area contributed by atoms with Gasteiger partial charge in [0, 0.05) is 30.5 Å². The smallest absolute Gasteiger partial charge is 0.221 e. The summed E-state index contributed by atoms with van der Waals surface area (Å²) < 4.78 is 0. The largest absolute Gasteiger partial charge is 0.356 e. The third kappa shape index (κ3) is 3.62. The average molecular weight is 319 g/mol. The van der Waals surface area contributed by atoms with Gasteiger partial charge in [-0.15, -0.1) is 0 Å². The maximum atomic E-state index is 11.7. The van der Waals surface area contributed by atoms with Crippen LogP contribution < -0.4 is 10.6 Å². The number of rotatable bonds is 5. The molecule has 6 heteroatoms. The Labute approximate surface area is 135 Å². The van der Waals surface area contributed by atoms with Gasteiger partial charge in [-0.1, -0.05) is 11.8 Å². The molecule has 5 nitrogen and oxygen atoms in total. The zero-order chi connectivity index (χ0) is 16.3. The van der Waals surface area contributed by atoms with Crippen LogP contribution in [0.15, 0.2) is 34.9 Å². The zero-order valence-corrected chi connectivity index (χ0v) is 14.1. The third-order valence-corrected chi connectivity index (χ3v) is 4.84. The molecule has 1 aromatic carbocycles. The van der Waals surface area contributed by atoms with Gasteiger partial charge < -0.3 is 15.5 Å². The summed E-state index contributed by atoms with van der Waals surface area (Å²) in [7, 11) is 0. The van der Waals surface area contributed by atoms with Crippen molar-refractivity contribution in [2.75, 3.05) is 17.2 Å². The van der Waals surface area contributed by atoms with E-state index in [1.54, 1.807) is 18.7 Å². The average Bonchev–Trinajstić information content (AvgIpc) is 2.76. The second kappa shape index (κ2) is 6.87. The minimum Gasteiger partial charge on any atom is -0.356 e. The van der Waals surface area contributed by atoms with E-state index >= 15 is 0 Å². The molecule has 22 heavy (non-hydrogen) atoms. The summed E-state index contributed by atoms with van der Waals surface area (Å²) in [4.78, 5) is 25.7. The fraction of sp³-hybridized carbons (Fsp3) is 0.375. The third-order valence-electron chi connectivity index (χ3n) is 3.43. The van der Waals surface area contributed by atoms with Gasteiger partial charge in [0.15, 0.2) is 11.3 Å². The van der Waals surface area contributed by atoms with E-state index in [1.807, 2.05) is 31.2 Å². The fourth-order valence-corrected chi connectivity index (χ4v) is 3.72. The molecule has 0 fully saturated rings. The molecule has 1 unspecified atom stereocenters. The highest BCUT2D eigenvalue weighted by Crippen LogP contribution is 2.38. The molecule has 0 spiro atoms. The van der Waals surface area contributed by atoms with Crippen LogP contribution in [0.2, 0.25) is 0 Å². The first-order valence-corrected chi connectivity index (χ1v) is 8.09. The van der Waals surface area contributed by atoms with Crippen LogP contribution in [-0.4, -0.2) is 28.6 Å². The number of anilines is 2. The molecule has 2 N–H and O–H groups in total. The zero-order valence-electron chi connectivity index (χ0n) is 13.3. The quantitative estimate of drug-likeness (QED) is 0.872. The molecular weight excluding hydrogens is 298 g/mol. The molecule has 1 amide bonds. The Morgan fingerprint density at radius 3 is 2.27 bits per heavy atom. The van der Waals surface area contributed by atoms with Crippen molar-refractivity contribution in [3.63, 3.8) is 0 Å². The van der Waals surface area contributed by atoms with Crippen LogP contribution in [-0.2, 0) is 9.59 Å². The summed E-state index contributed by atoms with van der Waals surface area (Å²) in [6.07, 6.45) is 0. The molecule has 0 aliphatic carbocycles. The molecule has 118 valence electrons. The van der Waals surface area contributed by atoms with Crippen molar-refractivity contribution < 1.29 is 9.59 Å². The first-order chi connectivity index (χ1) is 10.4. The number of Topliss-reactive ketones (excluding diaryl/α,β-unsaturated/α-hetero) is 1. The van der Waals surface area contributed by atoms with E-state index in [0.29, 0.717) is 0 Å². The van der Waals surface area contributed by atoms with Gasteiger partial charge in [-0.05, 0) is 45.0 Å². The first-order valence-electron chi connectivity index (χ1n) is 7.21. The summed E-state index contributed by atoms with van der Waals surface area (Å²) in [5.41, 5.74) is 2.74. The van der Waals surface area contributed by atoms with Gasteiger partial charge >= 0.3 is 0 Å². The maximum absolute atomic E-state index is 11.7. The van der Waals surface area contributed by atoms with E-state index in [0.717, 1.165) is 28.5 Å². The Bertz CT molecular complexity index is 610. The van der Waals surface area contributed by atoms with E-state index in [2.05, 4.69) is 22.5 Å². The van der Waals surface area contributed by atoms with E-state index in [9.17, 15) is 9.59 Å². The van der Waals surface area contributed by atoms with Gasteiger partial charge in [-0.3, -0.25) is 9.59 Å². The van der Waals surface area contributed by atoms with Crippen molar-refractivity contribution >= 4 is 34.8 Å². The molecule has 0 saturated carbocycles. The number of allylic oxidation sites excluding steroid dienone is 2. The van der Waals surface area contributed by atoms with E-state index < -0.39 is 0 Å². The second-order valence-corrected chi connectivity index (χ2v) is 6.22. The number of nitrogens with one attached hydrogen (secondary N) is 2. The van der Waals surface area contributed by atoms with Crippen LogP contribution in [0.3, 0.4) is 0 Å². The highest BCUT2D eigenvalue weighted by atomic mass is 32.2. The van der Waals surface area contributed by atoms with Gasteiger partial charge in [0.1, 0.15) is 0 Å². The predicted molar refractivity (Wildman–Crippen MR) is 91.5 cm³/mol. The Balaban J connectivity index is 2.08. The van der Waals surface area contributed by atoms with Gasteiger partial charge in [-0.25, -0.2) is 0 Å². The molecule has 1 heterocycles. The lowest BCUT2D eigenvalue weighted by molar-refractivity contribution is -0.114. The number of thioether (sulfide) groups is 1. The molecule has 0 aromatic heterocycles. The van der Waals surface area contributed by atoms with Crippen molar-refractivity contribution in [1.29, 1.82) is 0 Å². The van der Waals surface area contributed by atoms with Crippen molar-refractivity contribution in [2.24, 2.45) is 0 Å². The molecule has 1 atom stereocenters. The number of amides is 1. The van der Waals surface area contributed by atoms with Crippen LogP contribution >= 0.6 is 11.8 Å². The van der Waals surface area contributed by atoms with Crippen LogP contribution in [0.4, 0.5) is 11.4 Å². The molecule has 0 saturated heterocycles. The Kier molecular flexibility index (Phi) is 5.13. The fourth-order valence-electron chi connectivity index (χ4n) is 2.41. The molecule has 1 aliphatic heterocycles. The minimum atomic E-state index is -0.0878. The number of hydrogen-bond acceptors (Lipinski definition) is 5. The van der Waals surface area contributed by atoms with Crippen LogP contribution in [0.1, 0.15) is 27.7 Å².